The third kappa shape index (κ3) is 3.22. The molecule has 2 atom stereocenters. The van der Waals surface area contributed by atoms with Gasteiger partial charge in [0, 0.05) is 12.7 Å². The average Bonchev–Trinajstić information content (AvgIpc) is 2.97. The smallest absolute Gasteiger partial charge is 0.319 e. The zero-order valence-corrected chi connectivity index (χ0v) is 10.5. The summed E-state index contributed by atoms with van der Waals surface area (Å²) in [5.41, 5.74) is 0.560. The highest BCUT2D eigenvalue weighted by molar-refractivity contribution is 5.89. The zero-order chi connectivity index (χ0) is 13.8. The first kappa shape index (κ1) is 13.3. The number of carboxylic acid groups (broad SMARTS) is 1. The maximum absolute atomic E-state index is 11.7. The molecule has 8 nitrogen and oxygen atoms in total. The van der Waals surface area contributed by atoms with Gasteiger partial charge in [0.15, 0.2) is 0 Å². The normalized spacial score (nSPS) is 22.2. The molecule has 2 rings (SSSR count). The number of anilines is 1. The molecule has 19 heavy (non-hydrogen) atoms. The Labute approximate surface area is 109 Å². The van der Waals surface area contributed by atoms with Crippen molar-refractivity contribution in [2.45, 2.75) is 19.5 Å². The van der Waals surface area contributed by atoms with Gasteiger partial charge in [0.2, 0.25) is 0 Å². The molecular weight excluding hydrogens is 252 g/mol. The number of ether oxygens (including phenoxy) is 1. The minimum absolute atomic E-state index is 0.119. The minimum atomic E-state index is -0.971. The molecule has 0 radical (unpaired) electrons. The second-order valence-corrected chi connectivity index (χ2v) is 4.27. The number of aromatic nitrogens is 2. The van der Waals surface area contributed by atoms with Crippen molar-refractivity contribution in [1.29, 1.82) is 0 Å². The number of hydrogen-bond donors (Lipinski definition) is 3. The van der Waals surface area contributed by atoms with Crippen molar-refractivity contribution >= 4 is 17.7 Å². The Morgan fingerprint density at radius 1 is 1.58 bits per heavy atom. The second-order valence-electron chi connectivity index (χ2n) is 4.27. The molecule has 0 bridgehead atoms. The molecule has 2 heterocycles. The fourth-order valence-electron chi connectivity index (χ4n) is 1.88. The molecule has 2 unspecified atom stereocenters. The van der Waals surface area contributed by atoms with Gasteiger partial charge in [0.25, 0.3) is 0 Å². The minimum Gasteiger partial charge on any atom is -0.481 e. The Morgan fingerprint density at radius 2 is 2.37 bits per heavy atom. The van der Waals surface area contributed by atoms with Gasteiger partial charge in [-0.05, 0) is 6.92 Å². The van der Waals surface area contributed by atoms with Gasteiger partial charge in [-0.2, -0.15) is 5.10 Å². The lowest BCUT2D eigenvalue weighted by atomic mass is 10.0. The van der Waals surface area contributed by atoms with Crippen molar-refractivity contribution in [2.75, 3.05) is 18.5 Å². The van der Waals surface area contributed by atoms with E-state index in [0.717, 1.165) is 0 Å². The molecule has 0 spiro atoms. The van der Waals surface area contributed by atoms with Crippen molar-refractivity contribution in [1.82, 2.24) is 15.1 Å². The number of nitrogens with zero attached hydrogens (tertiary/aromatic N) is 2. The van der Waals surface area contributed by atoms with E-state index in [1.54, 1.807) is 10.9 Å². The molecule has 1 saturated heterocycles. The Kier molecular flexibility index (Phi) is 4.00. The quantitative estimate of drug-likeness (QED) is 0.719. The fraction of sp³-hybridized carbons (Fsp3) is 0.545. The second kappa shape index (κ2) is 5.70. The molecule has 1 aliphatic rings. The van der Waals surface area contributed by atoms with E-state index in [2.05, 4.69) is 15.7 Å². The summed E-state index contributed by atoms with van der Waals surface area (Å²) in [6.07, 6.45) is 3.22. The van der Waals surface area contributed by atoms with Crippen LogP contribution in [0.3, 0.4) is 0 Å². The lowest BCUT2D eigenvalue weighted by Gasteiger charge is -2.15. The molecule has 1 aromatic rings. The van der Waals surface area contributed by atoms with E-state index >= 15 is 0 Å². The molecule has 0 saturated carbocycles. The number of carbonyl (C=O) groups is 2. The summed E-state index contributed by atoms with van der Waals surface area (Å²) in [5.74, 6) is -1.68. The molecule has 104 valence electrons. The van der Waals surface area contributed by atoms with Crippen molar-refractivity contribution in [3.8, 4) is 0 Å². The van der Waals surface area contributed by atoms with Gasteiger partial charge in [-0.1, -0.05) is 0 Å². The monoisotopic (exact) mass is 268 g/mol. The number of amides is 2. The van der Waals surface area contributed by atoms with E-state index in [0.29, 0.717) is 12.2 Å². The first-order valence-corrected chi connectivity index (χ1v) is 6.00. The van der Waals surface area contributed by atoms with Crippen molar-refractivity contribution in [3.63, 3.8) is 0 Å². The van der Waals surface area contributed by atoms with Crippen LogP contribution >= 0.6 is 0 Å². The van der Waals surface area contributed by atoms with E-state index in [-0.39, 0.29) is 13.2 Å². The molecule has 1 fully saturated rings. The van der Waals surface area contributed by atoms with E-state index in [4.69, 9.17) is 9.84 Å². The molecule has 0 aliphatic carbocycles. The SMILES string of the molecule is CCn1cc(NC(=O)NC2COCC2C(=O)O)cn1. The molecule has 8 heteroatoms. The first-order valence-electron chi connectivity index (χ1n) is 6.00. The Bertz CT molecular complexity index is 473. The van der Waals surface area contributed by atoms with Crippen molar-refractivity contribution < 1.29 is 19.4 Å². The van der Waals surface area contributed by atoms with Crippen LogP contribution in [0.2, 0.25) is 0 Å². The lowest BCUT2D eigenvalue weighted by molar-refractivity contribution is -0.142. The highest BCUT2D eigenvalue weighted by Crippen LogP contribution is 2.14. The number of urea groups is 1. The van der Waals surface area contributed by atoms with Crippen LogP contribution in [0.5, 0.6) is 0 Å². The summed E-state index contributed by atoms with van der Waals surface area (Å²) in [7, 11) is 0. The first-order chi connectivity index (χ1) is 9.10. The highest BCUT2D eigenvalue weighted by Gasteiger charge is 2.35. The third-order valence-electron chi connectivity index (χ3n) is 2.93. The van der Waals surface area contributed by atoms with Gasteiger partial charge in [-0.3, -0.25) is 9.48 Å². The van der Waals surface area contributed by atoms with Crippen LogP contribution in [0.4, 0.5) is 10.5 Å². The lowest BCUT2D eigenvalue weighted by Crippen LogP contribution is -2.44. The van der Waals surface area contributed by atoms with E-state index in [9.17, 15) is 9.59 Å². The molecule has 1 aliphatic heterocycles. The number of aliphatic carboxylic acids is 1. The largest absolute Gasteiger partial charge is 0.481 e. The van der Waals surface area contributed by atoms with E-state index in [1.807, 2.05) is 6.92 Å². The number of carboxylic acids is 1. The number of hydrogen-bond acceptors (Lipinski definition) is 4. The summed E-state index contributed by atoms with van der Waals surface area (Å²) in [6, 6.07) is -0.976. The number of nitrogens with one attached hydrogen (secondary N) is 2. The van der Waals surface area contributed by atoms with Crippen molar-refractivity contribution in [2.24, 2.45) is 5.92 Å². The topological polar surface area (TPSA) is 105 Å². The molecule has 2 amide bonds. The van der Waals surface area contributed by atoms with Gasteiger partial charge < -0.3 is 20.5 Å². The van der Waals surface area contributed by atoms with Crippen LogP contribution in [0, 0.1) is 5.92 Å². The standard InChI is InChI=1S/C11H16N4O4/c1-2-15-4-7(3-12-15)13-11(18)14-9-6-19-5-8(9)10(16)17/h3-4,8-9H,2,5-6H2,1H3,(H,16,17)(H2,13,14,18). The van der Waals surface area contributed by atoms with Crippen LogP contribution in [0.1, 0.15) is 6.92 Å². The van der Waals surface area contributed by atoms with Crippen LogP contribution in [0.15, 0.2) is 12.4 Å². The highest BCUT2D eigenvalue weighted by atomic mass is 16.5. The molecule has 0 aromatic carbocycles. The van der Waals surface area contributed by atoms with Gasteiger partial charge in [0.1, 0.15) is 5.92 Å². The Balaban J connectivity index is 1.88. The zero-order valence-electron chi connectivity index (χ0n) is 10.5. The Morgan fingerprint density at radius 3 is 3.00 bits per heavy atom. The van der Waals surface area contributed by atoms with Crippen molar-refractivity contribution in [3.05, 3.63) is 12.4 Å². The molecule has 1 aromatic heterocycles. The summed E-state index contributed by atoms with van der Waals surface area (Å²) >= 11 is 0. The number of rotatable bonds is 4. The summed E-state index contributed by atoms with van der Waals surface area (Å²) in [5, 5.41) is 18.2. The van der Waals surface area contributed by atoms with Crippen LogP contribution in [-0.2, 0) is 16.1 Å². The molecule has 3 N–H and O–H groups in total. The van der Waals surface area contributed by atoms with Gasteiger partial charge in [-0.15, -0.1) is 0 Å². The van der Waals surface area contributed by atoms with Gasteiger partial charge >= 0.3 is 12.0 Å². The fourth-order valence-corrected chi connectivity index (χ4v) is 1.88. The summed E-state index contributed by atoms with van der Waals surface area (Å²) < 4.78 is 6.74. The number of carbonyl (C=O) groups excluding carboxylic acids is 1. The van der Waals surface area contributed by atoms with E-state index < -0.39 is 24.0 Å². The van der Waals surface area contributed by atoms with Gasteiger partial charge in [0.05, 0.1) is 31.1 Å². The van der Waals surface area contributed by atoms with E-state index in [1.165, 1.54) is 6.20 Å². The van der Waals surface area contributed by atoms with Crippen LogP contribution < -0.4 is 10.6 Å². The Hall–Kier alpha value is -2.09. The third-order valence-corrected chi connectivity index (χ3v) is 2.93. The predicted octanol–water partition coefficient (Wildman–Crippen LogP) is 0.124. The maximum Gasteiger partial charge on any atom is 0.319 e. The molecular formula is C11H16N4O4. The van der Waals surface area contributed by atoms with Gasteiger partial charge in [-0.25, -0.2) is 4.79 Å². The maximum atomic E-state index is 11.7. The van der Waals surface area contributed by atoms with Crippen LogP contribution in [-0.4, -0.2) is 46.1 Å². The predicted molar refractivity (Wildman–Crippen MR) is 65.8 cm³/mol. The summed E-state index contributed by atoms with van der Waals surface area (Å²) in [6.45, 7) is 2.97. The summed E-state index contributed by atoms with van der Waals surface area (Å²) in [4.78, 5) is 22.7. The number of aryl methyl sites for hydroxylation is 1. The van der Waals surface area contributed by atoms with Crippen LogP contribution in [0.25, 0.3) is 0 Å². The average molecular weight is 268 g/mol.